The van der Waals surface area contributed by atoms with Gasteiger partial charge in [-0.1, -0.05) is 35.3 Å². The zero-order chi connectivity index (χ0) is 22.0. The van der Waals surface area contributed by atoms with Crippen molar-refractivity contribution >= 4 is 62.5 Å². The van der Waals surface area contributed by atoms with Crippen molar-refractivity contribution in [3.63, 3.8) is 0 Å². The van der Waals surface area contributed by atoms with Crippen LogP contribution in [0.2, 0.25) is 10.0 Å². The smallest absolute Gasteiger partial charge is 0.245 e. The van der Waals surface area contributed by atoms with Gasteiger partial charge in [0.25, 0.3) is 0 Å². The van der Waals surface area contributed by atoms with E-state index in [1.807, 2.05) is 24.3 Å². The molecule has 0 fully saturated rings. The van der Waals surface area contributed by atoms with Crippen molar-refractivity contribution in [2.45, 2.75) is 13.5 Å². The fraction of sp³-hybridized carbons (Fsp3) is 0.0952. The molecule has 6 aromatic rings. The molecule has 4 heterocycles. The first kappa shape index (κ1) is 19.0. The van der Waals surface area contributed by atoms with Crippen LogP contribution in [0.25, 0.3) is 50.6 Å². The van der Waals surface area contributed by atoms with E-state index < -0.39 is 0 Å². The third-order valence-electron chi connectivity index (χ3n) is 5.39. The number of anilines is 1. The summed E-state index contributed by atoms with van der Waals surface area (Å²) in [4.78, 5) is 14.1. The van der Waals surface area contributed by atoms with Crippen molar-refractivity contribution in [1.82, 2.24) is 34.4 Å². The first-order chi connectivity index (χ1) is 15.6. The van der Waals surface area contributed by atoms with Gasteiger partial charge >= 0.3 is 0 Å². The summed E-state index contributed by atoms with van der Waals surface area (Å²) in [5.74, 6) is 1.06. The number of aryl methyl sites for hydroxylation is 1. The van der Waals surface area contributed by atoms with Gasteiger partial charge in [-0.15, -0.1) is 0 Å². The predicted molar refractivity (Wildman–Crippen MR) is 123 cm³/mol. The normalized spacial score (nSPS) is 11.8. The van der Waals surface area contributed by atoms with Gasteiger partial charge in [0, 0.05) is 11.6 Å². The molecule has 0 atom stereocenters. The van der Waals surface area contributed by atoms with Crippen LogP contribution in [0, 0.1) is 0 Å². The van der Waals surface area contributed by atoms with Gasteiger partial charge in [-0.05, 0) is 47.6 Å². The highest BCUT2D eigenvalue weighted by atomic mass is 35.5. The van der Waals surface area contributed by atoms with E-state index in [-0.39, 0.29) is 11.3 Å². The van der Waals surface area contributed by atoms with Crippen molar-refractivity contribution in [1.29, 1.82) is 0 Å². The van der Waals surface area contributed by atoms with Crippen molar-refractivity contribution in [2.24, 2.45) is 0 Å². The molecular weight excluding hydrogens is 451 g/mol. The maximum Gasteiger partial charge on any atom is 0.245 e. The van der Waals surface area contributed by atoms with E-state index >= 15 is 0 Å². The van der Waals surface area contributed by atoms with Crippen molar-refractivity contribution < 1.29 is 4.63 Å². The maximum atomic E-state index is 6.74. The number of aromatic nitrogens is 7. The van der Waals surface area contributed by atoms with Crippen LogP contribution in [-0.2, 0) is 6.54 Å². The van der Waals surface area contributed by atoms with Gasteiger partial charge in [-0.2, -0.15) is 0 Å². The molecule has 2 aromatic carbocycles. The molecular formula is C21H14Cl2N8O. The van der Waals surface area contributed by atoms with Crippen LogP contribution in [0.1, 0.15) is 6.92 Å². The summed E-state index contributed by atoms with van der Waals surface area (Å²) in [6.45, 7) is 2.74. The molecule has 0 saturated heterocycles. The topological polar surface area (TPSA) is 113 Å². The number of halogens is 2. The van der Waals surface area contributed by atoms with Crippen molar-refractivity contribution in [3.8, 4) is 17.1 Å². The molecule has 6 rings (SSSR count). The number of nitrogens with zero attached hydrogens (tertiary/aromatic N) is 7. The van der Waals surface area contributed by atoms with Crippen LogP contribution in [0.3, 0.4) is 0 Å². The molecule has 0 radical (unpaired) electrons. The summed E-state index contributed by atoms with van der Waals surface area (Å²) < 4.78 is 8.64. The van der Waals surface area contributed by atoms with E-state index in [0.717, 1.165) is 11.0 Å². The molecule has 0 aliphatic rings. The Labute approximate surface area is 190 Å². The van der Waals surface area contributed by atoms with E-state index in [0.29, 0.717) is 50.6 Å². The number of hydrogen-bond acceptors (Lipinski definition) is 7. The Morgan fingerprint density at radius 3 is 2.56 bits per heavy atom. The summed E-state index contributed by atoms with van der Waals surface area (Å²) >= 11 is 12.7. The molecule has 0 aliphatic carbocycles. The highest BCUT2D eigenvalue weighted by Crippen LogP contribution is 2.40. The minimum absolute atomic E-state index is 0.261. The lowest BCUT2D eigenvalue weighted by molar-refractivity contribution is 0.314. The van der Waals surface area contributed by atoms with E-state index in [4.69, 9.17) is 38.5 Å². The Morgan fingerprint density at radius 2 is 1.78 bits per heavy atom. The van der Waals surface area contributed by atoms with Crippen LogP contribution >= 0.6 is 23.2 Å². The molecule has 0 saturated carbocycles. The number of rotatable bonds is 3. The third kappa shape index (κ3) is 2.61. The average Bonchev–Trinajstić information content (AvgIpc) is 3.45. The number of benzene rings is 2. The second-order valence-electron chi connectivity index (χ2n) is 7.17. The predicted octanol–water partition coefficient (Wildman–Crippen LogP) is 4.88. The Morgan fingerprint density at radius 1 is 1.00 bits per heavy atom. The minimum Gasteiger partial charge on any atom is -0.384 e. The van der Waals surface area contributed by atoms with Gasteiger partial charge in [-0.3, -0.25) is 4.57 Å². The summed E-state index contributed by atoms with van der Waals surface area (Å²) in [5.41, 5.74) is 11.3. The number of nitrogen functional groups attached to an aromatic ring is 1. The zero-order valence-corrected chi connectivity index (χ0v) is 18.1. The number of fused-ring (bicyclic) bond motifs is 3. The lowest BCUT2D eigenvalue weighted by Crippen LogP contribution is -2.04. The molecule has 32 heavy (non-hydrogen) atoms. The summed E-state index contributed by atoms with van der Waals surface area (Å²) in [6, 6.07) is 13.1. The molecule has 0 spiro atoms. The quantitative estimate of drug-likeness (QED) is 0.396. The van der Waals surface area contributed by atoms with Gasteiger partial charge in [0.2, 0.25) is 11.3 Å². The molecule has 4 aromatic heterocycles. The summed E-state index contributed by atoms with van der Waals surface area (Å²) in [6.07, 6.45) is 0. The summed E-state index contributed by atoms with van der Waals surface area (Å²) in [7, 11) is 0. The molecule has 11 heteroatoms. The number of hydrogen-bond donors (Lipinski definition) is 1. The maximum absolute atomic E-state index is 6.74. The van der Waals surface area contributed by atoms with E-state index in [9.17, 15) is 0 Å². The number of nitrogens with two attached hydrogens (primary N) is 1. The van der Waals surface area contributed by atoms with Crippen LogP contribution in [0.4, 0.5) is 5.82 Å². The Balaban J connectivity index is 1.77. The Hall–Kier alpha value is -3.69. The van der Waals surface area contributed by atoms with Crippen LogP contribution in [0.15, 0.2) is 47.1 Å². The van der Waals surface area contributed by atoms with Gasteiger partial charge < -0.3 is 10.3 Å². The number of para-hydroxylation sites is 2. The standard InChI is InChI=1S/C21H14Cl2N8O/c1-2-30-14-6-4-3-5-12(14)25-20(30)15-16-21(27-19-18(26-16)28-32-29-19)31(17(15)24)13-8-7-10(22)9-11(13)23/h3-9H,2,24H2,1H3. The largest absolute Gasteiger partial charge is 0.384 e. The first-order valence-electron chi connectivity index (χ1n) is 9.78. The Kier molecular flexibility index (Phi) is 4.11. The Bertz CT molecular complexity index is 1670. The second-order valence-corrected chi connectivity index (χ2v) is 8.01. The number of imidazole rings is 1. The SMILES string of the molecule is CCn1c(-c2c(N)n(-c3ccc(Cl)cc3Cl)c3nc4nonc4nc23)nc2ccccc21. The zero-order valence-electron chi connectivity index (χ0n) is 16.6. The lowest BCUT2D eigenvalue weighted by atomic mass is 10.2. The fourth-order valence-electron chi connectivity index (χ4n) is 4.01. The first-order valence-corrected chi connectivity index (χ1v) is 10.5. The molecule has 158 valence electrons. The van der Waals surface area contributed by atoms with Gasteiger partial charge in [0.05, 0.1) is 27.3 Å². The molecule has 0 bridgehead atoms. The fourth-order valence-corrected chi connectivity index (χ4v) is 4.51. The van der Waals surface area contributed by atoms with E-state index in [2.05, 4.69) is 31.8 Å². The van der Waals surface area contributed by atoms with Gasteiger partial charge in [-0.25, -0.2) is 19.6 Å². The summed E-state index contributed by atoms with van der Waals surface area (Å²) in [5, 5.41) is 8.60. The molecule has 0 unspecified atom stereocenters. The van der Waals surface area contributed by atoms with Crippen LogP contribution in [0.5, 0.6) is 0 Å². The van der Waals surface area contributed by atoms with Crippen molar-refractivity contribution in [3.05, 3.63) is 52.5 Å². The van der Waals surface area contributed by atoms with Gasteiger partial charge in [0.15, 0.2) is 5.65 Å². The minimum atomic E-state index is 0.261. The van der Waals surface area contributed by atoms with E-state index in [1.165, 1.54) is 0 Å². The highest BCUT2D eigenvalue weighted by Gasteiger charge is 2.27. The van der Waals surface area contributed by atoms with Crippen molar-refractivity contribution in [2.75, 3.05) is 5.73 Å². The molecule has 9 nitrogen and oxygen atoms in total. The molecule has 0 aliphatic heterocycles. The van der Waals surface area contributed by atoms with E-state index in [1.54, 1.807) is 22.8 Å². The van der Waals surface area contributed by atoms with Gasteiger partial charge in [0.1, 0.15) is 17.2 Å². The monoisotopic (exact) mass is 464 g/mol. The van der Waals surface area contributed by atoms with Crippen LogP contribution < -0.4 is 5.73 Å². The average molecular weight is 465 g/mol. The second kappa shape index (κ2) is 6.91. The third-order valence-corrected chi connectivity index (χ3v) is 5.92. The molecule has 0 amide bonds. The highest BCUT2D eigenvalue weighted by molar-refractivity contribution is 6.36. The lowest BCUT2D eigenvalue weighted by Gasteiger charge is -2.10. The van der Waals surface area contributed by atoms with Crippen LogP contribution in [-0.4, -0.2) is 34.4 Å². The molecule has 2 N–H and O–H groups in total.